The van der Waals surface area contributed by atoms with Crippen molar-refractivity contribution in [1.29, 1.82) is 0 Å². The predicted molar refractivity (Wildman–Crippen MR) is 122 cm³/mol. The number of nitrogens with one attached hydrogen (secondary N) is 1. The van der Waals surface area contributed by atoms with E-state index in [4.69, 9.17) is 0 Å². The van der Waals surface area contributed by atoms with Crippen LogP contribution in [0.3, 0.4) is 0 Å². The number of rotatable bonds is 5. The normalized spacial score (nSPS) is 12.6. The largest absolute Gasteiger partial charge is 0.341 e. The molecular formula is C23H21N5OS. The van der Waals surface area contributed by atoms with E-state index in [1.807, 2.05) is 41.8 Å². The minimum absolute atomic E-state index is 0.0636. The van der Waals surface area contributed by atoms with Gasteiger partial charge in [0.25, 0.3) is 0 Å². The standard InChI is InChI=1S/C23H21N5OS/c1-3-27-19-9-5-4-8-17(19)18-14-16(11-12-20(18)27)24-22(29)15(2)30-23-26-25-21-10-6-7-13-28(21)23/h4-15H,3H2,1-2H3,(H,24,29). The summed E-state index contributed by atoms with van der Waals surface area (Å²) in [6.45, 7) is 4.93. The molecule has 2 aromatic carbocycles. The van der Waals surface area contributed by atoms with E-state index in [1.54, 1.807) is 0 Å². The molecule has 6 nitrogen and oxygen atoms in total. The van der Waals surface area contributed by atoms with Crippen LogP contribution in [0.25, 0.3) is 27.5 Å². The summed E-state index contributed by atoms with van der Waals surface area (Å²) in [6, 6.07) is 20.2. The van der Waals surface area contributed by atoms with Gasteiger partial charge in [0.2, 0.25) is 5.91 Å². The van der Waals surface area contributed by atoms with Crippen molar-refractivity contribution in [2.24, 2.45) is 0 Å². The fourth-order valence-electron chi connectivity index (χ4n) is 3.83. The van der Waals surface area contributed by atoms with Gasteiger partial charge < -0.3 is 9.88 Å². The Labute approximate surface area is 177 Å². The molecule has 150 valence electrons. The third-order valence-corrected chi connectivity index (χ3v) is 6.35. The van der Waals surface area contributed by atoms with Gasteiger partial charge in [-0.2, -0.15) is 0 Å². The number of hydrogen-bond donors (Lipinski definition) is 1. The molecule has 0 aliphatic carbocycles. The number of fused-ring (bicyclic) bond motifs is 4. The number of carbonyl (C=O) groups excluding carboxylic acids is 1. The number of carbonyl (C=O) groups is 1. The lowest BCUT2D eigenvalue weighted by atomic mass is 10.1. The summed E-state index contributed by atoms with van der Waals surface area (Å²) in [5.74, 6) is -0.0636. The van der Waals surface area contributed by atoms with Crippen LogP contribution < -0.4 is 5.32 Å². The van der Waals surface area contributed by atoms with E-state index in [0.29, 0.717) is 5.16 Å². The molecular weight excluding hydrogens is 394 g/mol. The molecule has 0 radical (unpaired) electrons. The third kappa shape index (κ3) is 3.11. The third-order valence-electron chi connectivity index (χ3n) is 5.29. The van der Waals surface area contributed by atoms with Crippen molar-refractivity contribution >= 4 is 50.8 Å². The van der Waals surface area contributed by atoms with Crippen LogP contribution in [0.1, 0.15) is 13.8 Å². The number of pyridine rings is 1. The number of benzene rings is 2. The van der Waals surface area contributed by atoms with Crippen molar-refractivity contribution in [3.05, 3.63) is 66.9 Å². The lowest BCUT2D eigenvalue weighted by Gasteiger charge is -2.11. The Morgan fingerprint density at radius 2 is 1.83 bits per heavy atom. The summed E-state index contributed by atoms with van der Waals surface area (Å²) in [5, 5.41) is 14.1. The molecule has 30 heavy (non-hydrogen) atoms. The molecule has 1 atom stereocenters. The second-order valence-electron chi connectivity index (χ2n) is 7.15. The average Bonchev–Trinajstić information content (AvgIpc) is 3.32. The molecule has 1 amide bonds. The Kier molecular flexibility index (Phi) is 4.67. The van der Waals surface area contributed by atoms with E-state index in [2.05, 4.69) is 63.4 Å². The van der Waals surface area contributed by atoms with Gasteiger partial charge in [-0.25, -0.2) is 0 Å². The van der Waals surface area contributed by atoms with E-state index in [1.165, 1.54) is 28.2 Å². The van der Waals surface area contributed by atoms with Gasteiger partial charge in [0.05, 0.1) is 5.25 Å². The molecule has 5 rings (SSSR count). The quantitative estimate of drug-likeness (QED) is 0.411. The topological polar surface area (TPSA) is 64.2 Å². The van der Waals surface area contributed by atoms with Crippen molar-refractivity contribution in [2.45, 2.75) is 30.8 Å². The van der Waals surface area contributed by atoms with E-state index in [-0.39, 0.29) is 11.2 Å². The zero-order valence-corrected chi connectivity index (χ0v) is 17.6. The summed E-state index contributed by atoms with van der Waals surface area (Å²) < 4.78 is 4.19. The Morgan fingerprint density at radius 1 is 1.03 bits per heavy atom. The maximum atomic E-state index is 12.8. The van der Waals surface area contributed by atoms with Crippen molar-refractivity contribution in [2.75, 3.05) is 5.32 Å². The highest BCUT2D eigenvalue weighted by molar-refractivity contribution is 8.00. The van der Waals surface area contributed by atoms with Crippen molar-refractivity contribution in [3.8, 4) is 0 Å². The maximum Gasteiger partial charge on any atom is 0.237 e. The fourth-order valence-corrected chi connectivity index (χ4v) is 4.67. The van der Waals surface area contributed by atoms with Crippen molar-refractivity contribution in [1.82, 2.24) is 19.2 Å². The number of aromatic nitrogens is 4. The van der Waals surface area contributed by atoms with Crippen LogP contribution in [0.5, 0.6) is 0 Å². The Balaban J connectivity index is 1.41. The number of para-hydroxylation sites is 1. The van der Waals surface area contributed by atoms with Gasteiger partial charge in [0, 0.05) is 40.2 Å². The number of nitrogens with zero attached hydrogens (tertiary/aromatic N) is 4. The van der Waals surface area contributed by atoms with Crippen molar-refractivity contribution in [3.63, 3.8) is 0 Å². The van der Waals surface area contributed by atoms with Crippen LogP contribution in [-0.2, 0) is 11.3 Å². The number of aryl methyl sites for hydroxylation is 1. The van der Waals surface area contributed by atoms with Gasteiger partial charge in [-0.3, -0.25) is 9.20 Å². The first-order valence-electron chi connectivity index (χ1n) is 9.94. The molecule has 0 aliphatic rings. The van der Waals surface area contributed by atoms with E-state index < -0.39 is 0 Å². The molecule has 0 saturated carbocycles. The molecule has 0 bridgehead atoms. The molecule has 1 N–H and O–H groups in total. The number of hydrogen-bond acceptors (Lipinski definition) is 4. The smallest absolute Gasteiger partial charge is 0.237 e. The molecule has 0 saturated heterocycles. The first-order valence-corrected chi connectivity index (χ1v) is 10.8. The van der Waals surface area contributed by atoms with Gasteiger partial charge in [0.15, 0.2) is 10.8 Å². The minimum atomic E-state index is -0.315. The van der Waals surface area contributed by atoms with Crippen LogP contribution in [0, 0.1) is 0 Å². The fraction of sp³-hybridized carbons (Fsp3) is 0.174. The molecule has 0 fully saturated rings. The highest BCUT2D eigenvalue weighted by Gasteiger charge is 2.18. The molecule has 7 heteroatoms. The van der Waals surface area contributed by atoms with Crippen LogP contribution in [0.2, 0.25) is 0 Å². The van der Waals surface area contributed by atoms with E-state index in [0.717, 1.165) is 23.3 Å². The lowest BCUT2D eigenvalue weighted by molar-refractivity contribution is -0.115. The average molecular weight is 416 g/mol. The predicted octanol–water partition coefficient (Wildman–Crippen LogP) is 4.98. The number of amides is 1. The molecule has 3 heterocycles. The van der Waals surface area contributed by atoms with Gasteiger partial charge >= 0.3 is 0 Å². The lowest BCUT2D eigenvalue weighted by Crippen LogP contribution is -2.22. The van der Waals surface area contributed by atoms with Crippen molar-refractivity contribution < 1.29 is 4.79 Å². The van der Waals surface area contributed by atoms with E-state index >= 15 is 0 Å². The first-order chi connectivity index (χ1) is 14.7. The van der Waals surface area contributed by atoms with Crippen LogP contribution >= 0.6 is 11.8 Å². The summed E-state index contributed by atoms with van der Waals surface area (Å²) in [7, 11) is 0. The first kappa shape index (κ1) is 18.7. The Hall–Kier alpha value is -3.32. The molecule has 5 aromatic rings. The van der Waals surface area contributed by atoms with E-state index in [9.17, 15) is 4.79 Å². The summed E-state index contributed by atoms with van der Waals surface area (Å²) in [4.78, 5) is 12.8. The summed E-state index contributed by atoms with van der Waals surface area (Å²) >= 11 is 1.39. The van der Waals surface area contributed by atoms with Crippen LogP contribution in [0.15, 0.2) is 72.0 Å². The second kappa shape index (κ2) is 7.50. The van der Waals surface area contributed by atoms with Gasteiger partial charge in [-0.05, 0) is 50.2 Å². The minimum Gasteiger partial charge on any atom is -0.341 e. The summed E-state index contributed by atoms with van der Waals surface area (Å²) in [5.41, 5.74) is 3.95. The highest BCUT2D eigenvalue weighted by atomic mass is 32.2. The molecule has 0 aliphatic heterocycles. The van der Waals surface area contributed by atoms with Gasteiger partial charge in [0.1, 0.15) is 0 Å². The van der Waals surface area contributed by atoms with Gasteiger partial charge in [-0.15, -0.1) is 10.2 Å². The van der Waals surface area contributed by atoms with Crippen LogP contribution in [-0.4, -0.2) is 30.3 Å². The number of thioether (sulfide) groups is 1. The maximum absolute atomic E-state index is 12.8. The number of anilines is 1. The SMILES string of the molecule is CCn1c2ccccc2c2cc(NC(=O)C(C)Sc3nnc4ccccn34)ccc21. The summed E-state index contributed by atoms with van der Waals surface area (Å²) in [6.07, 6.45) is 1.90. The second-order valence-corrected chi connectivity index (χ2v) is 8.46. The van der Waals surface area contributed by atoms with Crippen LogP contribution in [0.4, 0.5) is 5.69 Å². The van der Waals surface area contributed by atoms with Gasteiger partial charge in [-0.1, -0.05) is 36.0 Å². The Bertz CT molecular complexity index is 1390. The highest BCUT2D eigenvalue weighted by Crippen LogP contribution is 2.31. The monoisotopic (exact) mass is 415 g/mol. The molecule has 0 spiro atoms. The molecule has 1 unspecified atom stereocenters. The zero-order chi connectivity index (χ0) is 20.7. The zero-order valence-electron chi connectivity index (χ0n) is 16.7. The molecule has 3 aromatic heterocycles. The Morgan fingerprint density at radius 3 is 2.70 bits per heavy atom.